The molecule has 1 atom stereocenters. The molecule has 6 heavy (non-hydrogen) atoms. The van der Waals surface area contributed by atoms with Gasteiger partial charge in [0, 0.05) is 0 Å². The summed E-state index contributed by atoms with van der Waals surface area (Å²) in [4.78, 5) is 0. The van der Waals surface area contributed by atoms with Gasteiger partial charge in [0.25, 0.3) is 0 Å². The van der Waals surface area contributed by atoms with Gasteiger partial charge in [0.15, 0.2) is 0 Å². The Labute approximate surface area is 36.0 Å². The second kappa shape index (κ2) is 3.06. The first-order valence-corrected chi connectivity index (χ1v) is 1.75. The number of hydrogen-bond donors (Lipinski definition) is 2. The molecule has 0 saturated carbocycles. The Morgan fingerprint density at radius 3 is 2.50 bits per heavy atom. The Morgan fingerprint density at radius 1 is 2.00 bits per heavy atom. The lowest BCUT2D eigenvalue weighted by molar-refractivity contribution is 0.139. The summed E-state index contributed by atoms with van der Waals surface area (Å²) in [6.45, 7) is 0.789. The summed E-state index contributed by atoms with van der Waals surface area (Å²) < 4.78 is 11.0. The van der Waals surface area contributed by atoms with Crippen molar-refractivity contribution in [2.45, 2.75) is 13.2 Å². The summed E-state index contributed by atoms with van der Waals surface area (Å²) in [6, 6.07) is 0. The molecule has 0 saturated heterocycles. The molecular weight excluding hydrogens is 85.0 g/mol. The quantitative estimate of drug-likeness (QED) is 0.367. The third-order valence-electron chi connectivity index (χ3n) is 0.373. The molecule has 0 fully saturated rings. The molecule has 0 radical (unpaired) electrons. The molecule has 0 spiro atoms. The minimum absolute atomic E-state index is 0.669. The number of nitrogens with one attached hydrogen (secondary N) is 1. The average Bonchev–Trinajstić information content (AvgIpc) is 1.35. The Kier molecular flexibility index (Phi) is 2.98. The van der Waals surface area contributed by atoms with Crippen molar-refractivity contribution in [3.63, 3.8) is 0 Å². The predicted octanol–water partition coefficient (Wildman–Crippen LogP) is -0.159. The maximum absolute atomic E-state index is 11.0. The van der Waals surface area contributed by atoms with E-state index in [1.54, 1.807) is 0 Å². The van der Waals surface area contributed by atoms with E-state index in [2.05, 4.69) is 5.32 Å². The highest BCUT2D eigenvalue weighted by Crippen LogP contribution is 1.67. The van der Waals surface area contributed by atoms with Crippen LogP contribution in [0.5, 0.6) is 0 Å². The van der Waals surface area contributed by atoms with Gasteiger partial charge in [0.1, 0.15) is 13.0 Å². The van der Waals surface area contributed by atoms with E-state index in [0.29, 0.717) is 0 Å². The normalized spacial score (nSPS) is 14.5. The van der Waals surface area contributed by atoms with E-state index in [1.807, 2.05) is 0 Å². The van der Waals surface area contributed by atoms with Crippen molar-refractivity contribution in [1.82, 2.24) is 5.32 Å². The van der Waals surface area contributed by atoms with Gasteiger partial charge in [-0.1, -0.05) is 0 Å². The highest BCUT2D eigenvalue weighted by Gasteiger charge is 1.85. The van der Waals surface area contributed by atoms with E-state index in [-0.39, 0.29) is 0 Å². The fourth-order valence-corrected chi connectivity index (χ4v) is 0.112. The van der Waals surface area contributed by atoms with Crippen LogP contribution >= 0.6 is 0 Å². The number of halogens is 1. The topological polar surface area (TPSA) is 32.3 Å². The van der Waals surface area contributed by atoms with Crippen LogP contribution in [-0.4, -0.2) is 18.1 Å². The number of alkyl halides is 1. The monoisotopic (exact) mass is 93.1 g/mol. The zero-order chi connectivity index (χ0) is 4.99. The van der Waals surface area contributed by atoms with Gasteiger partial charge in [-0.3, -0.25) is 5.32 Å². The summed E-state index contributed by atoms with van der Waals surface area (Å²) >= 11 is 0. The molecule has 0 aromatic carbocycles. The Bertz CT molecular complexity index is 32.0. The molecule has 2 nitrogen and oxygen atoms in total. The first kappa shape index (κ1) is 5.85. The van der Waals surface area contributed by atoms with E-state index in [4.69, 9.17) is 5.11 Å². The molecule has 1 unspecified atom stereocenters. The molecule has 0 aromatic rings. The van der Waals surface area contributed by atoms with Crippen LogP contribution in [0.15, 0.2) is 0 Å². The second-order valence-corrected chi connectivity index (χ2v) is 1.01. The lowest BCUT2D eigenvalue weighted by Crippen LogP contribution is -2.23. The molecule has 0 aliphatic carbocycles. The summed E-state index contributed by atoms with van der Waals surface area (Å²) in [5.74, 6) is 0. The highest BCUT2D eigenvalue weighted by atomic mass is 19.1. The van der Waals surface area contributed by atoms with Gasteiger partial charge < -0.3 is 5.11 Å². The molecule has 0 aliphatic heterocycles. The summed E-state index contributed by atoms with van der Waals surface area (Å²) in [5, 5.41) is 10.3. The molecule has 2 N–H and O–H groups in total. The first-order chi connectivity index (χ1) is 2.77. The molecule has 0 bridgehead atoms. The zero-order valence-electron chi connectivity index (χ0n) is 3.61. The lowest BCUT2D eigenvalue weighted by atomic mass is 10.7. The van der Waals surface area contributed by atoms with E-state index < -0.39 is 13.0 Å². The predicted molar refractivity (Wildman–Crippen MR) is 20.8 cm³/mol. The summed E-state index contributed by atoms with van der Waals surface area (Å²) in [6.07, 6.45) is -0.727. The summed E-state index contributed by atoms with van der Waals surface area (Å²) in [7, 11) is 0. The van der Waals surface area contributed by atoms with Gasteiger partial charge in [-0.15, -0.1) is 0 Å². The fraction of sp³-hybridized carbons (Fsp3) is 1.00. The van der Waals surface area contributed by atoms with Crippen LogP contribution in [0, 0.1) is 0 Å². The fourth-order valence-electron chi connectivity index (χ4n) is 0.112. The van der Waals surface area contributed by atoms with Crippen LogP contribution in [0.3, 0.4) is 0 Å². The smallest absolute Gasteiger partial charge is 0.142 e. The van der Waals surface area contributed by atoms with Crippen LogP contribution < -0.4 is 5.32 Å². The third kappa shape index (κ3) is 3.85. The molecule has 0 amide bonds. The largest absolute Gasteiger partial charge is 0.379 e. The summed E-state index contributed by atoms with van der Waals surface area (Å²) in [5.41, 5.74) is 0. The van der Waals surface area contributed by atoms with Gasteiger partial charge in [-0.2, -0.15) is 0 Å². The number of rotatable bonds is 2. The molecule has 3 heteroatoms. The minimum atomic E-state index is -0.727. The molecule has 0 rings (SSSR count). The van der Waals surface area contributed by atoms with E-state index >= 15 is 0 Å². The van der Waals surface area contributed by atoms with Crippen molar-refractivity contribution in [1.29, 1.82) is 0 Å². The van der Waals surface area contributed by atoms with Crippen molar-refractivity contribution in [2.24, 2.45) is 0 Å². The zero-order valence-corrected chi connectivity index (χ0v) is 3.61. The minimum Gasteiger partial charge on any atom is -0.379 e. The van der Waals surface area contributed by atoms with Gasteiger partial charge in [-0.25, -0.2) is 4.39 Å². The van der Waals surface area contributed by atoms with Gasteiger partial charge >= 0.3 is 0 Å². The molecule has 38 valence electrons. The van der Waals surface area contributed by atoms with Crippen LogP contribution in [-0.2, 0) is 0 Å². The van der Waals surface area contributed by atoms with Crippen LogP contribution in [0.1, 0.15) is 6.92 Å². The maximum atomic E-state index is 11.0. The van der Waals surface area contributed by atoms with Crippen LogP contribution in [0.2, 0.25) is 0 Å². The highest BCUT2D eigenvalue weighted by molar-refractivity contribution is 4.32. The van der Waals surface area contributed by atoms with Crippen molar-refractivity contribution in [3.8, 4) is 0 Å². The van der Waals surface area contributed by atoms with Crippen molar-refractivity contribution in [2.75, 3.05) is 6.80 Å². The van der Waals surface area contributed by atoms with E-state index in [0.717, 1.165) is 0 Å². The van der Waals surface area contributed by atoms with E-state index in [1.165, 1.54) is 6.92 Å². The molecule has 0 aliphatic rings. The van der Waals surface area contributed by atoms with Crippen molar-refractivity contribution >= 4 is 0 Å². The third-order valence-corrected chi connectivity index (χ3v) is 0.373. The van der Waals surface area contributed by atoms with Crippen LogP contribution in [0.25, 0.3) is 0 Å². The lowest BCUT2D eigenvalue weighted by Gasteiger charge is -1.97. The number of aliphatic hydroxyl groups is 1. The Balaban J connectivity index is 2.63. The van der Waals surface area contributed by atoms with Crippen molar-refractivity contribution < 1.29 is 9.50 Å². The van der Waals surface area contributed by atoms with Crippen molar-refractivity contribution in [3.05, 3.63) is 0 Å². The second-order valence-electron chi connectivity index (χ2n) is 1.01. The first-order valence-electron chi connectivity index (χ1n) is 1.75. The van der Waals surface area contributed by atoms with E-state index in [9.17, 15) is 4.39 Å². The number of aliphatic hydroxyl groups excluding tert-OH is 1. The van der Waals surface area contributed by atoms with Crippen LogP contribution in [0.4, 0.5) is 4.39 Å². The Hall–Kier alpha value is -0.150. The van der Waals surface area contributed by atoms with Gasteiger partial charge in [0.05, 0.1) is 0 Å². The maximum Gasteiger partial charge on any atom is 0.142 e. The Morgan fingerprint density at radius 2 is 2.50 bits per heavy atom. The standard InChI is InChI=1S/C3H8FNO/c1-3(6)5-2-4/h3,5-6H,2H2,1H3. The van der Waals surface area contributed by atoms with Gasteiger partial charge in [-0.05, 0) is 6.92 Å². The SMILES string of the molecule is CC(O)NCF. The van der Waals surface area contributed by atoms with Gasteiger partial charge in [0.2, 0.25) is 0 Å². The average molecular weight is 93.1 g/mol. The molecule has 0 heterocycles. The molecular formula is C3H8FNO. The molecule has 0 aromatic heterocycles. The number of hydrogen-bond acceptors (Lipinski definition) is 2.